The van der Waals surface area contributed by atoms with E-state index in [2.05, 4.69) is 10.3 Å². The monoisotopic (exact) mass is 183 g/mol. The van der Waals surface area contributed by atoms with E-state index in [0.717, 1.165) is 11.0 Å². The minimum absolute atomic E-state index is 0.644. The Balaban J connectivity index is 2.73. The first-order chi connectivity index (χ1) is 5.81. The SMILES string of the molecule is COn1nnc2cc(Cl)ccc21. The highest BCUT2D eigenvalue weighted by atomic mass is 35.5. The fourth-order valence-corrected chi connectivity index (χ4v) is 1.18. The summed E-state index contributed by atoms with van der Waals surface area (Å²) in [4.78, 5) is 6.25. The number of nitrogens with zero attached hydrogens (tertiary/aromatic N) is 3. The van der Waals surface area contributed by atoms with Gasteiger partial charge in [0.15, 0.2) is 0 Å². The zero-order valence-corrected chi connectivity index (χ0v) is 7.12. The van der Waals surface area contributed by atoms with E-state index in [1.165, 1.54) is 12.0 Å². The van der Waals surface area contributed by atoms with Crippen molar-refractivity contribution < 1.29 is 4.84 Å². The van der Waals surface area contributed by atoms with E-state index in [9.17, 15) is 0 Å². The summed E-state index contributed by atoms with van der Waals surface area (Å²) < 4.78 is 0. The summed E-state index contributed by atoms with van der Waals surface area (Å²) in [6.45, 7) is 0. The third-order valence-corrected chi connectivity index (χ3v) is 1.79. The highest BCUT2D eigenvalue weighted by Gasteiger charge is 2.03. The molecular formula is C7H6ClN3O. The average molecular weight is 184 g/mol. The van der Waals surface area contributed by atoms with E-state index in [0.29, 0.717) is 5.02 Å². The molecule has 0 amide bonds. The van der Waals surface area contributed by atoms with Crippen LogP contribution in [-0.4, -0.2) is 22.3 Å². The number of benzene rings is 1. The molecule has 1 heterocycles. The van der Waals surface area contributed by atoms with Gasteiger partial charge in [0.2, 0.25) is 0 Å². The lowest BCUT2D eigenvalue weighted by atomic mass is 10.3. The summed E-state index contributed by atoms with van der Waals surface area (Å²) in [5.41, 5.74) is 1.53. The molecular weight excluding hydrogens is 178 g/mol. The van der Waals surface area contributed by atoms with Gasteiger partial charge in [-0.05, 0) is 23.4 Å². The molecule has 1 aromatic heterocycles. The van der Waals surface area contributed by atoms with Crippen LogP contribution in [-0.2, 0) is 0 Å². The Morgan fingerprint density at radius 1 is 1.50 bits per heavy atom. The molecule has 0 fully saturated rings. The molecule has 0 aliphatic rings. The Morgan fingerprint density at radius 3 is 3.08 bits per heavy atom. The molecule has 62 valence electrons. The minimum atomic E-state index is 0.644. The maximum atomic E-state index is 5.75. The zero-order chi connectivity index (χ0) is 8.55. The fourth-order valence-electron chi connectivity index (χ4n) is 1.01. The lowest BCUT2D eigenvalue weighted by Crippen LogP contribution is -2.06. The third kappa shape index (κ3) is 1.00. The average Bonchev–Trinajstić information content (AvgIpc) is 2.46. The molecule has 0 spiro atoms. The Hall–Kier alpha value is -1.29. The van der Waals surface area contributed by atoms with Crippen LogP contribution in [0.4, 0.5) is 0 Å². The Kier molecular flexibility index (Phi) is 1.62. The van der Waals surface area contributed by atoms with Gasteiger partial charge >= 0.3 is 0 Å². The second-order valence-electron chi connectivity index (χ2n) is 2.28. The first-order valence-corrected chi connectivity index (χ1v) is 3.74. The van der Waals surface area contributed by atoms with Gasteiger partial charge in [-0.1, -0.05) is 16.4 Å². The molecule has 12 heavy (non-hydrogen) atoms. The van der Waals surface area contributed by atoms with Crippen molar-refractivity contribution >= 4 is 22.6 Å². The molecule has 0 bridgehead atoms. The lowest BCUT2D eigenvalue weighted by Gasteiger charge is -1.96. The number of hydrogen-bond acceptors (Lipinski definition) is 3. The van der Waals surface area contributed by atoms with Crippen LogP contribution in [0.3, 0.4) is 0 Å². The number of rotatable bonds is 1. The Morgan fingerprint density at radius 2 is 2.33 bits per heavy atom. The van der Waals surface area contributed by atoms with Gasteiger partial charge in [-0.3, -0.25) is 0 Å². The van der Waals surface area contributed by atoms with Crippen LogP contribution in [0.1, 0.15) is 0 Å². The standard InChI is InChI=1S/C7H6ClN3O/c1-12-11-7-3-2-5(8)4-6(7)9-10-11/h2-4H,1H3. The molecule has 5 heteroatoms. The number of fused-ring (bicyclic) bond motifs is 1. The topological polar surface area (TPSA) is 39.9 Å². The van der Waals surface area contributed by atoms with Crippen molar-refractivity contribution in [3.63, 3.8) is 0 Å². The maximum Gasteiger partial charge on any atom is 0.130 e. The second kappa shape index (κ2) is 2.64. The van der Waals surface area contributed by atoms with Crippen LogP contribution in [0, 0.1) is 0 Å². The normalized spacial score (nSPS) is 10.5. The van der Waals surface area contributed by atoms with Gasteiger partial charge in [-0.2, -0.15) is 0 Å². The van der Waals surface area contributed by atoms with Crippen molar-refractivity contribution in [3.8, 4) is 0 Å². The van der Waals surface area contributed by atoms with E-state index < -0.39 is 0 Å². The highest BCUT2D eigenvalue weighted by Crippen LogP contribution is 2.15. The van der Waals surface area contributed by atoms with Crippen molar-refractivity contribution in [2.45, 2.75) is 0 Å². The van der Waals surface area contributed by atoms with E-state index in [1.54, 1.807) is 18.2 Å². The van der Waals surface area contributed by atoms with E-state index >= 15 is 0 Å². The molecule has 1 aromatic carbocycles. The molecule has 0 aliphatic heterocycles. The van der Waals surface area contributed by atoms with Crippen molar-refractivity contribution in [3.05, 3.63) is 23.2 Å². The molecule has 0 saturated heterocycles. The van der Waals surface area contributed by atoms with Gasteiger partial charge in [0.1, 0.15) is 18.1 Å². The van der Waals surface area contributed by atoms with Crippen LogP contribution in [0.15, 0.2) is 18.2 Å². The first-order valence-electron chi connectivity index (χ1n) is 3.37. The van der Waals surface area contributed by atoms with Gasteiger partial charge in [-0.15, -0.1) is 5.10 Å². The first kappa shape index (κ1) is 7.36. The van der Waals surface area contributed by atoms with Crippen LogP contribution in [0.5, 0.6) is 0 Å². The fraction of sp³-hybridized carbons (Fsp3) is 0.143. The number of hydrogen-bond donors (Lipinski definition) is 0. The van der Waals surface area contributed by atoms with E-state index in [4.69, 9.17) is 16.4 Å². The minimum Gasteiger partial charge on any atom is -0.398 e. The summed E-state index contributed by atoms with van der Waals surface area (Å²) in [6.07, 6.45) is 0. The molecule has 0 aliphatic carbocycles. The lowest BCUT2D eigenvalue weighted by molar-refractivity contribution is 0.139. The van der Waals surface area contributed by atoms with Crippen LogP contribution >= 0.6 is 11.6 Å². The van der Waals surface area contributed by atoms with E-state index in [-0.39, 0.29) is 0 Å². The van der Waals surface area contributed by atoms with Crippen molar-refractivity contribution in [2.75, 3.05) is 7.11 Å². The smallest absolute Gasteiger partial charge is 0.130 e. The van der Waals surface area contributed by atoms with Gasteiger partial charge in [0, 0.05) is 5.02 Å². The Bertz CT molecular complexity index is 412. The predicted molar refractivity (Wildman–Crippen MR) is 45.0 cm³/mol. The second-order valence-corrected chi connectivity index (χ2v) is 2.71. The molecule has 0 radical (unpaired) electrons. The molecule has 2 rings (SSSR count). The maximum absolute atomic E-state index is 5.75. The summed E-state index contributed by atoms with van der Waals surface area (Å²) in [7, 11) is 1.53. The largest absolute Gasteiger partial charge is 0.398 e. The summed E-state index contributed by atoms with van der Waals surface area (Å²) in [6, 6.07) is 5.31. The van der Waals surface area contributed by atoms with Crippen molar-refractivity contribution in [1.29, 1.82) is 0 Å². The molecule has 2 aromatic rings. The zero-order valence-electron chi connectivity index (χ0n) is 6.36. The molecule has 0 N–H and O–H groups in total. The number of aromatic nitrogens is 3. The Labute approximate surface area is 73.6 Å². The van der Waals surface area contributed by atoms with Crippen LogP contribution < -0.4 is 4.84 Å². The van der Waals surface area contributed by atoms with Crippen molar-refractivity contribution in [2.24, 2.45) is 0 Å². The molecule has 4 nitrogen and oxygen atoms in total. The van der Waals surface area contributed by atoms with Gasteiger partial charge < -0.3 is 4.84 Å². The van der Waals surface area contributed by atoms with Gasteiger partial charge in [-0.25, -0.2) is 0 Å². The van der Waals surface area contributed by atoms with Crippen molar-refractivity contribution in [1.82, 2.24) is 15.2 Å². The summed E-state index contributed by atoms with van der Waals surface area (Å²) in [5, 5.41) is 8.24. The number of halogens is 1. The summed E-state index contributed by atoms with van der Waals surface area (Å²) in [5.74, 6) is 0. The molecule has 0 unspecified atom stereocenters. The molecule has 0 atom stereocenters. The predicted octanol–water partition coefficient (Wildman–Crippen LogP) is 1.14. The summed E-state index contributed by atoms with van der Waals surface area (Å²) >= 11 is 5.75. The quantitative estimate of drug-likeness (QED) is 0.666. The van der Waals surface area contributed by atoms with Gasteiger partial charge in [0.25, 0.3) is 0 Å². The van der Waals surface area contributed by atoms with Gasteiger partial charge in [0.05, 0.1) is 0 Å². The highest BCUT2D eigenvalue weighted by molar-refractivity contribution is 6.31. The molecule has 0 saturated carbocycles. The van der Waals surface area contributed by atoms with Crippen LogP contribution in [0.2, 0.25) is 5.02 Å². The van der Waals surface area contributed by atoms with Crippen LogP contribution in [0.25, 0.3) is 11.0 Å². The van der Waals surface area contributed by atoms with E-state index in [1.807, 2.05) is 0 Å². The third-order valence-electron chi connectivity index (χ3n) is 1.55.